The van der Waals surface area contributed by atoms with Crippen molar-refractivity contribution in [2.24, 2.45) is 7.05 Å². The summed E-state index contributed by atoms with van der Waals surface area (Å²) in [5, 5.41) is 8.91. The third-order valence-corrected chi connectivity index (χ3v) is 4.88. The third-order valence-electron chi connectivity index (χ3n) is 4.88. The number of nitrogens with zero attached hydrogens (tertiary/aromatic N) is 3. The molecular formula is C21H20N4O2. The van der Waals surface area contributed by atoms with Gasteiger partial charge in [-0.2, -0.15) is 5.10 Å². The summed E-state index contributed by atoms with van der Waals surface area (Å²) in [5.74, 6) is -0.251. The fourth-order valence-corrected chi connectivity index (χ4v) is 3.47. The number of hydrogen-bond acceptors (Lipinski definition) is 3. The molecule has 0 saturated heterocycles. The zero-order chi connectivity index (χ0) is 19.0. The van der Waals surface area contributed by atoms with Gasteiger partial charge >= 0.3 is 0 Å². The lowest BCUT2D eigenvalue weighted by Gasteiger charge is -2.14. The van der Waals surface area contributed by atoms with Gasteiger partial charge in [-0.05, 0) is 18.6 Å². The van der Waals surface area contributed by atoms with E-state index in [0.29, 0.717) is 5.52 Å². The highest BCUT2D eigenvalue weighted by molar-refractivity contribution is 6.07. The summed E-state index contributed by atoms with van der Waals surface area (Å²) >= 11 is 0. The van der Waals surface area contributed by atoms with Crippen molar-refractivity contribution in [3.8, 4) is 0 Å². The summed E-state index contributed by atoms with van der Waals surface area (Å²) in [6.07, 6.45) is 1.66. The molecule has 0 spiro atoms. The van der Waals surface area contributed by atoms with Gasteiger partial charge in [0.05, 0.1) is 12.2 Å². The van der Waals surface area contributed by atoms with Crippen molar-refractivity contribution in [3.63, 3.8) is 0 Å². The lowest BCUT2D eigenvalue weighted by atomic mass is 10.1. The molecule has 136 valence electrons. The molecule has 0 bridgehead atoms. The first kappa shape index (κ1) is 17.0. The van der Waals surface area contributed by atoms with Crippen molar-refractivity contribution in [3.05, 3.63) is 76.7 Å². The summed E-state index contributed by atoms with van der Waals surface area (Å²) in [7, 11) is 1.86. The standard InChI is InChI=1S/C21H20N4O2/c1-14(15-8-4-3-5-9-15)23-19(26)13-25-21(27)20-17(12-22-25)16-10-6-7-11-18(16)24(20)2/h3-12,14H,13H2,1-2H3,(H,23,26)/t14-/m0/s1. The van der Waals surface area contributed by atoms with Crippen LogP contribution < -0.4 is 10.9 Å². The normalized spacial score (nSPS) is 12.4. The third kappa shape index (κ3) is 2.99. The smallest absolute Gasteiger partial charge is 0.291 e. The van der Waals surface area contributed by atoms with Crippen molar-refractivity contribution in [2.75, 3.05) is 0 Å². The first-order chi connectivity index (χ1) is 13.1. The molecule has 0 unspecified atom stereocenters. The number of fused-ring (bicyclic) bond motifs is 3. The molecule has 0 fully saturated rings. The van der Waals surface area contributed by atoms with E-state index in [9.17, 15) is 9.59 Å². The van der Waals surface area contributed by atoms with Crippen molar-refractivity contribution in [2.45, 2.75) is 19.5 Å². The summed E-state index contributed by atoms with van der Waals surface area (Å²) in [6.45, 7) is 1.80. The molecule has 2 aromatic heterocycles. The fourth-order valence-electron chi connectivity index (χ4n) is 3.47. The Morgan fingerprint density at radius 2 is 1.78 bits per heavy atom. The Kier molecular flexibility index (Phi) is 4.24. The average molecular weight is 360 g/mol. The number of carbonyl (C=O) groups excluding carboxylic acids is 1. The van der Waals surface area contributed by atoms with Crippen LogP contribution in [0.2, 0.25) is 0 Å². The molecule has 1 N–H and O–H groups in total. The highest BCUT2D eigenvalue weighted by Crippen LogP contribution is 2.24. The first-order valence-electron chi connectivity index (χ1n) is 8.84. The van der Waals surface area contributed by atoms with Gasteiger partial charge in [0.1, 0.15) is 12.1 Å². The van der Waals surface area contributed by atoms with Crippen LogP contribution in [0.5, 0.6) is 0 Å². The largest absolute Gasteiger partial charge is 0.348 e. The van der Waals surface area contributed by atoms with Gasteiger partial charge in [0.15, 0.2) is 0 Å². The van der Waals surface area contributed by atoms with Crippen molar-refractivity contribution in [1.82, 2.24) is 19.7 Å². The van der Waals surface area contributed by atoms with E-state index in [2.05, 4.69) is 10.4 Å². The molecule has 4 aromatic rings. The average Bonchev–Trinajstić information content (AvgIpc) is 2.98. The number of rotatable bonds is 4. The maximum Gasteiger partial charge on any atom is 0.291 e. The monoisotopic (exact) mass is 360 g/mol. The van der Waals surface area contributed by atoms with Gasteiger partial charge in [-0.25, -0.2) is 4.68 Å². The predicted octanol–water partition coefficient (Wildman–Crippen LogP) is 2.77. The quantitative estimate of drug-likeness (QED) is 0.608. The minimum absolute atomic E-state index is 0.118. The minimum Gasteiger partial charge on any atom is -0.348 e. The van der Waals surface area contributed by atoms with Gasteiger partial charge in [0, 0.05) is 23.3 Å². The van der Waals surface area contributed by atoms with Crippen LogP contribution in [-0.2, 0) is 18.4 Å². The molecular weight excluding hydrogens is 340 g/mol. The Hall–Kier alpha value is -3.41. The van der Waals surface area contributed by atoms with Gasteiger partial charge in [-0.1, -0.05) is 48.5 Å². The molecule has 2 heterocycles. The second-order valence-electron chi connectivity index (χ2n) is 6.65. The van der Waals surface area contributed by atoms with Crippen LogP contribution in [-0.4, -0.2) is 20.3 Å². The Morgan fingerprint density at radius 3 is 2.56 bits per heavy atom. The molecule has 0 saturated carbocycles. The van der Waals surface area contributed by atoms with Gasteiger partial charge < -0.3 is 9.88 Å². The molecule has 0 radical (unpaired) electrons. The van der Waals surface area contributed by atoms with Gasteiger partial charge in [-0.15, -0.1) is 0 Å². The molecule has 0 aliphatic rings. The van der Waals surface area contributed by atoms with E-state index in [0.717, 1.165) is 21.9 Å². The van der Waals surface area contributed by atoms with Gasteiger partial charge in [-0.3, -0.25) is 9.59 Å². The zero-order valence-electron chi connectivity index (χ0n) is 15.2. The highest BCUT2D eigenvalue weighted by Gasteiger charge is 2.16. The molecule has 1 atom stereocenters. The second-order valence-corrected chi connectivity index (χ2v) is 6.65. The van der Waals surface area contributed by atoms with E-state index < -0.39 is 0 Å². The maximum absolute atomic E-state index is 12.9. The second kappa shape index (κ2) is 6.72. The van der Waals surface area contributed by atoms with Crippen LogP contribution in [0.4, 0.5) is 0 Å². The topological polar surface area (TPSA) is 68.9 Å². The van der Waals surface area contributed by atoms with E-state index >= 15 is 0 Å². The number of nitrogens with one attached hydrogen (secondary N) is 1. The Balaban J connectivity index is 1.64. The van der Waals surface area contributed by atoms with Crippen LogP contribution >= 0.6 is 0 Å². The highest BCUT2D eigenvalue weighted by atomic mass is 16.2. The minimum atomic E-state index is -0.270. The van der Waals surface area contributed by atoms with Crippen molar-refractivity contribution in [1.29, 1.82) is 0 Å². The van der Waals surface area contributed by atoms with Crippen LogP contribution in [0.1, 0.15) is 18.5 Å². The zero-order valence-corrected chi connectivity index (χ0v) is 15.2. The molecule has 0 aliphatic carbocycles. The van der Waals surface area contributed by atoms with E-state index in [4.69, 9.17) is 0 Å². The summed E-state index contributed by atoms with van der Waals surface area (Å²) in [6, 6.07) is 17.4. The number of benzene rings is 2. The molecule has 4 rings (SSSR count). The van der Waals surface area contributed by atoms with Crippen molar-refractivity contribution < 1.29 is 4.79 Å². The lowest BCUT2D eigenvalue weighted by Crippen LogP contribution is -2.35. The van der Waals surface area contributed by atoms with Gasteiger partial charge in [0.2, 0.25) is 5.91 Å². The molecule has 27 heavy (non-hydrogen) atoms. The maximum atomic E-state index is 12.9. The number of aryl methyl sites for hydroxylation is 1. The van der Waals surface area contributed by atoms with Gasteiger partial charge in [0.25, 0.3) is 5.56 Å². The number of hydrogen-bond donors (Lipinski definition) is 1. The van der Waals surface area contributed by atoms with Crippen LogP contribution in [0.3, 0.4) is 0 Å². The Labute approximate surface area is 156 Å². The fraction of sp³-hybridized carbons (Fsp3) is 0.190. The van der Waals surface area contributed by atoms with Crippen LogP contribution in [0.25, 0.3) is 21.8 Å². The number of aromatic nitrogens is 3. The van der Waals surface area contributed by atoms with E-state index in [1.54, 1.807) is 6.20 Å². The van der Waals surface area contributed by atoms with E-state index in [-0.39, 0.29) is 24.1 Å². The molecule has 6 nitrogen and oxygen atoms in total. The predicted molar refractivity (Wildman–Crippen MR) is 105 cm³/mol. The van der Waals surface area contributed by atoms with Crippen molar-refractivity contribution >= 4 is 27.7 Å². The Bertz CT molecular complexity index is 1190. The molecule has 1 amide bonds. The first-order valence-corrected chi connectivity index (χ1v) is 8.84. The summed E-state index contributed by atoms with van der Waals surface area (Å²) in [5.41, 5.74) is 2.26. The molecule has 0 aliphatic heterocycles. The van der Waals surface area contributed by atoms with Crippen LogP contribution in [0, 0.1) is 0 Å². The SMILES string of the molecule is C[C@H](NC(=O)Cn1ncc2c3ccccc3n(C)c2c1=O)c1ccccc1. The lowest BCUT2D eigenvalue weighted by molar-refractivity contribution is -0.122. The summed E-state index contributed by atoms with van der Waals surface area (Å²) in [4.78, 5) is 25.3. The number of para-hydroxylation sites is 1. The number of carbonyl (C=O) groups is 1. The molecule has 6 heteroatoms. The Morgan fingerprint density at radius 1 is 1.07 bits per heavy atom. The van der Waals surface area contributed by atoms with Crippen LogP contribution in [0.15, 0.2) is 65.6 Å². The van der Waals surface area contributed by atoms with E-state index in [1.807, 2.05) is 73.1 Å². The number of amides is 1. The summed E-state index contributed by atoms with van der Waals surface area (Å²) < 4.78 is 3.07. The van der Waals surface area contributed by atoms with E-state index in [1.165, 1.54) is 4.68 Å². The molecule has 2 aromatic carbocycles.